The second kappa shape index (κ2) is 8.01. The molecule has 0 saturated carbocycles. The molecule has 158 valence electrons. The lowest BCUT2D eigenvalue weighted by atomic mass is 9.89. The third-order valence-electron chi connectivity index (χ3n) is 5.66. The molecule has 1 amide bonds. The first-order chi connectivity index (χ1) is 15.0. The fourth-order valence-corrected chi connectivity index (χ4v) is 6.05. The molecule has 31 heavy (non-hydrogen) atoms. The molecule has 1 unspecified atom stereocenters. The van der Waals surface area contributed by atoms with Gasteiger partial charge in [-0.3, -0.25) is 14.2 Å². The molecule has 0 aliphatic heterocycles. The molecule has 1 aromatic carbocycles. The van der Waals surface area contributed by atoms with Gasteiger partial charge < -0.3 is 5.32 Å². The molecular formula is C23H22N4O2S2. The molecule has 5 rings (SSSR count). The van der Waals surface area contributed by atoms with E-state index < -0.39 is 0 Å². The molecule has 0 bridgehead atoms. The van der Waals surface area contributed by atoms with Crippen molar-refractivity contribution in [3.8, 4) is 11.3 Å². The molecule has 4 aromatic rings. The van der Waals surface area contributed by atoms with Crippen LogP contribution in [0.5, 0.6) is 0 Å². The van der Waals surface area contributed by atoms with Gasteiger partial charge in [0.1, 0.15) is 11.4 Å². The van der Waals surface area contributed by atoms with Gasteiger partial charge in [-0.1, -0.05) is 19.1 Å². The number of nitrogens with one attached hydrogen (secondary N) is 1. The largest absolute Gasteiger partial charge is 0.325 e. The van der Waals surface area contributed by atoms with Crippen molar-refractivity contribution in [3.05, 3.63) is 61.8 Å². The third-order valence-corrected chi connectivity index (χ3v) is 7.59. The zero-order valence-electron chi connectivity index (χ0n) is 17.3. The molecule has 1 aliphatic rings. The van der Waals surface area contributed by atoms with Crippen LogP contribution in [0.1, 0.15) is 28.8 Å². The summed E-state index contributed by atoms with van der Waals surface area (Å²) in [6.07, 6.45) is 4.49. The van der Waals surface area contributed by atoms with E-state index in [1.165, 1.54) is 15.8 Å². The molecule has 0 fully saturated rings. The number of hydrogen-bond donors (Lipinski definition) is 1. The summed E-state index contributed by atoms with van der Waals surface area (Å²) in [7, 11) is 0. The topological polar surface area (TPSA) is 76.9 Å². The molecule has 0 spiro atoms. The number of nitrogens with zero attached hydrogens (tertiary/aromatic N) is 3. The molecule has 8 heteroatoms. The van der Waals surface area contributed by atoms with Crippen LogP contribution < -0.4 is 10.9 Å². The summed E-state index contributed by atoms with van der Waals surface area (Å²) in [6, 6.07) is 7.58. The van der Waals surface area contributed by atoms with Crippen LogP contribution in [0.25, 0.3) is 21.5 Å². The van der Waals surface area contributed by atoms with Gasteiger partial charge in [-0.05, 0) is 49.8 Å². The first-order valence-corrected chi connectivity index (χ1v) is 12.0. The maximum absolute atomic E-state index is 13.1. The Bertz CT molecular complexity index is 1350. The predicted octanol–water partition coefficient (Wildman–Crippen LogP) is 4.65. The first-order valence-electron chi connectivity index (χ1n) is 10.3. The van der Waals surface area contributed by atoms with E-state index in [0.717, 1.165) is 45.9 Å². The number of benzene rings is 1. The van der Waals surface area contributed by atoms with E-state index in [2.05, 4.69) is 22.2 Å². The van der Waals surface area contributed by atoms with Crippen molar-refractivity contribution in [1.29, 1.82) is 0 Å². The Labute approximate surface area is 187 Å². The molecular weight excluding hydrogens is 428 g/mol. The van der Waals surface area contributed by atoms with Crippen LogP contribution in [0.4, 0.5) is 5.69 Å². The van der Waals surface area contributed by atoms with Gasteiger partial charge in [0.2, 0.25) is 5.91 Å². The number of anilines is 1. The minimum Gasteiger partial charge on any atom is -0.325 e. The Morgan fingerprint density at radius 1 is 1.35 bits per heavy atom. The Balaban J connectivity index is 1.37. The van der Waals surface area contributed by atoms with Gasteiger partial charge in [-0.25, -0.2) is 9.97 Å². The maximum atomic E-state index is 13.1. The highest BCUT2D eigenvalue weighted by molar-refractivity contribution is 7.18. The van der Waals surface area contributed by atoms with Crippen molar-refractivity contribution in [1.82, 2.24) is 14.5 Å². The van der Waals surface area contributed by atoms with E-state index in [1.807, 2.05) is 36.6 Å². The summed E-state index contributed by atoms with van der Waals surface area (Å²) in [4.78, 5) is 36.8. The molecule has 1 aliphatic carbocycles. The molecule has 6 nitrogen and oxygen atoms in total. The predicted molar refractivity (Wildman–Crippen MR) is 126 cm³/mol. The number of aryl methyl sites for hydroxylation is 2. The van der Waals surface area contributed by atoms with Crippen molar-refractivity contribution in [2.24, 2.45) is 5.92 Å². The Kier molecular flexibility index (Phi) is 5.19. The summed E-state index contributed by atoms with van der Waals surface area (Å²) in [5.74, 6) is 0.380. The number of hydrogen-bond acceptors (Lipinski definition) is 6. The lowest BCUT2D eigenvalue weighted by Gasteiger charge is -2.17. The number of carbonyl (C=O) groups is 1. The van der Waals surface area contributed by atoms with Crippen molar-refractivity contribution in [2.75, 3.05) is 5.32 Å². The highest BCUT2D eigenvalue weighted by atomic mass is 32.1. The second-order valence-electron chi connectivity index (χ2n) is 8.09. The lowest BCUT2D eigenvalue weighted by Crippen LogP contribution is -2.28. The van der Waals surface area contributed by atoms with E-state index in [0.29, 0.717) is 17.0 Å². The number of aromatic nitrogens is 3. The quantitative estimate of drug-likeness (QED) is 0.491. The first kappa shape index (κ1) is 20.1. The van der Waals surface area contributed by atoms with Crippen molar-refractivity contribution in [3.63, 3.8) is 0 Å². The van der Waals surface area contributed by atoms with Crippen LogP contribution in [0.3, 0.4) is 0 Å². The van der Waals surface area contributed by atoms with Crippen LogP contribution in [0.15, 0.2) is 40.8 Å². The summed E-state index contributed by atoms with van der Waals surface area (Å²) in [5.41, 5.74) is 3.52. The molecule has 1 N–H and O–H groups in total. The standard InChI is InChI=1S/C23H22N4O2S2/c1-13-6-7-17-19(8-13)31-22-21(17)23(29)27(12-24-22)10-20(28)26-16-5-3-4-15(9-16)18-11-30-14(2)25-18/h3-5,9,11-13H,6-8,10H2,1-2H3,(H,26,28). The van der Waals surface area contributed by atoms with Gasteiger partial charge in [0.05, 0.1) is 22.4 Å². The van der Waals surface area contributed by atoms with Crippen LogP contribution in [0, 0.1) is 12.8 Å². The highest BCUT2D eigenvalue weighted by Crippen LogP contribution is 2.35. The van der Waals surface area contributed by atoms with Gasteiger partial charge in [-0.15, -0.1) is 22.7 Å². The van der Waals surface area contributed by atoms with Gasteiger partial charge in [0.25, 0.3) is 5.56 Å². The minimum absolute atomic E-state index is 0.0666. The van der Waals surface area contributed by atoms with Gasteiger partial charge in [-0.2, -0.15) is 0 Å². The van der Waals surface area contributed by atoms with E-state index in [4.69, 9.17) is 0 Å². The summed E-state index contributed by atoms with van der Waals surface area (Å²) >= 11 is 3.21. The van der Waals surface area contributed by atoms with Crippen molar-refractivity contribution < 1.29 is 4.79 Å². The van der Waals surface area contributed by atoms with Crippen molar-refractivity contribution in [2.45, 2.75) is 39.7 Å². The molecule has 1 atom stereocenters. The normalized spacial score (nSPS) is 15.7. The van der Waals surface area contributed by atoms with Crippen LogP contribution in [0.2, 0.25) is 0 Å². The van der Waals surface area contributed by atoms with Gasteiger partial charge in [0.15, 0.2) is 0 Å². The molecule has 3 heterocycles. The zero-order valence-corrected chi connectivity index (χ0v) is 19.0. The molecule has 3 aromatic heterocycles. The average Bonchev–Trinajstić information content (AvgIpc) is 3.33. The average molecular weight is 451 g/mol. The SMILES string of the molecule is Cc1nc(-c2cccc(NC(=O)Cn3cnc4sc5c(c4c3=O)CCC(C)C5)c2)cs1. The third kappa shape index (κ3) is 3.93. The summed E-state index contributed by atoms with van der Waals surface area (Å²) in [5, 5.41) is 6.59. The number of rotatable bonds is 4. The number of thiophene rings is 1. The minimum atomic E-state index is -0.257. The molecule has 0 radical (unpaired) electrons. The van der Waals surface area contributed by atoms with Crippen molar-refractivity contribution >= 4 is 44.5 Å². The molecule has 0 saturated heterocycles. The number of fused-ring (bicyclic) bond motifs is 3. The van der Waals surface area contributed by atoms with Crippen LogP contribution >= 0.6 is 22.7 Å². The maximum Gasteiger partial charge on any atom is 0.262 e. The number of carbonyl (C=O) groups excluding carboxylic acids is 1. The number of thiazole rings is 1. The Hall–Kier alpha value is -2.84. The lowest BCUT2D eigenvalue weighted by molar-refractivity contribution is -0.116. The zero-order chi connectivity index (χ0) is 21.5. The fourth-order valence-electron chi connectivity index (χ4n) is 4.09. The van der Waals surface area contributed by atoms with E-state index >= 15 is 0 Å². The summed E-state index contributed by atoms with van der Waals surface area (Å²) < 4.78 is 1.41. The van der Waals surface area contributed by atoms with Gasteiger partial charge >= 0.3 is 0 Å². The Morgan fingerprint density at radius 2 is 2.23 bits per heavy atom. The van der Waals surface area contributed by atoms with Crippen LogP contribution in [-0.4, -0.2) is 20.4 Å². The summed E-state index contributed by atoms with van der Waals surface area (Å²) in [6.45, 7) is 4.14. The highest BCUT2D eigenvalue weighted by Gasteiger charge is 2.23. The van der Waals surface area contributed by atoms with E-state index in [1.54, 1.807) is 22.7 Å². The van der Waals surface area contributed by atoms with E-state index in [-0.39, 0.29) is 18.0 Å². The Morgan fingerprint density at radius 3 is 3.03 bits per heavy atom. The monoisotopic (exact) mass is 450 g/mol. The van der Waals surface area contributed by atoms with E-state index in [9.17, 15) is 9.59 Å². The number of amides is 1. The smallest absolute Gasteiger partial charge is 0.262 e. The van der Waals surface area contributed by atoms with Gasteiger partial charge in [0, 0.05) is 21.5 Å². The fraction of sp³-hybridized carbons (Fsp3) is 0.304. The second-order valence-corrected chi connectivity index (χ2v) is 10.2. The van der Waals surface area contributed by atoms with Crippen LogP contribution in [-0.2, 0) is 24.2 Å².